The zero-order valence-corrected chi connectivity index (χ0v) is 12.1. The van der Waals surface area contributed by atoms with E-state index >= 15 is 0 Å². The smallest absolute Gasteiger partial charge is 0.138 e. The third-order valence-corrected chi connectivity index (χ3v) is 3.46. The van der Waals surface area contributed by atoms with E-state index in [1.54, 1.807) is 12.5 Å². The van der Waals surface area contributed by atoms with Gasteiger partial charge in [0.05, 0.1) is 11.9 Å². The molecule has 19 heavy (non-hydrogen) atoms. The summed E-state index contributed by atoms with van der Waals surface area (Å²) in [6, 6.07) is 11.6. The minimum absolute atomic E-state index is 0.719. The molecule has 0 unspecified atom stereocenters. The molecule has 0 saturated carbocycles. The quantitative estimate of drug-likeness (QED) is 0.697. The average molecular weight is 335 g/mol. The molecule has 3 rings (SSSR count). The predicted molar refractivity (Wildman–Crippen MR) is 79.5 cm³/mol. The van der Waals surface area contributed by atoms with Crippen molar-refractivity contribution in [3.63, 3.8) is 0 Å². The second-order valence-corrected chi connectivity index (χ2v) is 5.34. The zero-order valence-electron chi connectivity index (χ0n) is 9.79. The minimum atomic E-state index is 0.719. The van der Waals surface area contributed by atoms with Gasteiger partial charge in [0.15, 0.2) is 0 Å². The van der Waals surface area contributed by atoms with E-state index < -0.39 is 0 Å². The first-order valence-corrected chi connectivity index (χ1v) is 6.81. The molecule has 3 nitrogen and oxygen atoms in total. The van der Waals surface area contributed by atoms with Gasteiger partial charge in [-0.25, -0.2) is 9.97 Å². The standard InChI is InChI=1S/C14H9BrClN3/c15-11-3-6-14(18-7-11)19-9-17-8-13(19)10-1-4-12(16)5-2-10/h1-9H. The summed E-state index contributed by atoms with van der Waals surface area (Å²) in [6.07, 6.45) is 5.33. The predicted octanol–water partition coefficient (Wildman–Crippen LogP) is 4.35. The maximum Gasteiger partial charge on any atom is 0.138 e. The summed E-state index contributed by atoms with van der Waals surface area (Å²) in [5, 5.41) is 0.719. The van der Waals surface area contributed by atoms with E-state index in [-0.39, 0.29) is 0 Å². The number of aromatic nitrogens is 3. The number of pyridine rings is 1. The van der Waals surface area contributed by atoms with Gasteiger partial charge in [0.25, 0.3) is 0 Å². The van der Waals surface area contributed by atoms with Gasteiger partial charge in [-0.15, -0.1) is 0 Å². The second kappa shape index (κ2) is 5.15. The molecule has 2 heterocycles. The molecule has 0 saturated heterocycles. The fourth-order valence-corrected chi connectivity index (χ4v) is 2.18. The lowest BCUT2D eigenvalue weighted by Crippen LogP contribution is -1.97. The van der Waals surface area contributed by atoms with Crippen LogP contribution in [0.5, 0.6) is 0 Å². The van der Waals surface area contributed by atoms with E-state index in [1.165, 1.54) is 0 Å². The van der Waals surface area contributed by atoms with Gasteiger partial charge in [-0.1, -0.05) is 23.7 Å². The number of hydrogen-bond acceptors (Lipinski definition) is 2. The Morgan fingerprint density at radius 3 is 2.47 bits per heavy atom. The first-order chi connectivity index (χ1) is 9.24. The van der Waals surface area contributed by atoms with Gasteiger partial charge in [-0.2, -0.15) is 0 Å². The molecule has 0 radical (unpaired) electrons. The Bertz CT molecular complexity index is 629. The largest absolute Gasteiger partial charge is 0.283 e. The summed E-state index contributed by atoms with van der Waals surface area (Å²) in [4.78, 5) is 8.57. The first kappa shape index (κ1) is 12.4. The SMILES string of the molecule is Clc1ccc(-c2cncn2-c2ccc(Br)cn2)cc1. The van der Waals surface area contributed by atoms with Crippen molar-refractivity contribution in [2.75, 3.05) is 0 Å². The summed E-state index contributed by atoms with van der Waals surface area (Å²) < 4.78 is 2.89. The summed E-state index contributed by atoms with van der Waals surface area (Å²) in [7, 11) is 0. The van der Waals surface area contributed by atoms with Crippen molar-refractivity contribution in [3.05, 3.63) is 64.6 Å². The topological polar surface area (TPSA) is 30.7 Å². The van der Waals surface area contributed by atoms with E-state index in [0.29, 0.717) is 0 Å². The summed E-state index contributed by atoms with van der Waals surface area (Å²) in [5.74, 6) is 0.825. The molecule has 0 fully saturated rings. The van der Waals surface area contributed by atoms with Crippen molar-refractivity contribution in [2.45, 2.75) is 0 Å². The van der Waals surface area contributed by atoms with Crippen molar-refractivity contribution in [2.24, 2.45) is 0 Å². The molecule has 0 bridgehead atoms. The molecule has 0 aliphatic heterocycles. The normalized spacial score (nSPS) is 10.6. The molecule has 0 aliphatic carbocycles. The molecular weight excluding hydrogens is 326 g/mol. The first-order valence-electron chi connectivity index (χ1n) is 5.64. The van der Waals surface area contributed by atoms with Crippen molar-refractivity contribution < 1.29 is 0 Å². The third kappa shape index (κ3) is 2.55. The van der Waals surface area contributed by atoms with Gasteiger partial charge >= 0.3 is 0 Å². The molecule has 94 valence electrons. The van der Waals surface area contributed by atoms with E-state index in [4.69, 9.17) is 11.6 Å². The van der Waals surface area contributed by atoms with Crippen LogP contribution >= 0.6 is 27.5 Å². The van der Waals surface area contributed by atoms with Crippen molar-refractivity contribution in [1.82, 2.24) is 14.5 Å². The summed E-state index contributed by atoms with van der Waals surface area (Å²) >= 11 is 9.29. The highest BCUT2D eigenvalue weighted by Crippen LogP contribution is 2.23. The molecule has 0 aliphatic rings. The minimum Gasteiger partial charge on any atom is -0.283 e. The zero-order chi connectivity index (χ0) is 13.2. The molecule has 2 aromatic heterocycles. The van der Waals surface area contributed by atoms with Gasteiger partial charge in [0.1, 0.15) is 12.1 Å². The third-order valence-electron chi connectivity index (χ3n) is 2.74. The Morgan fingerprint density at radius 1 is 1.00 bits per heavy atom. The highest BCUT2D eigenvalue weighted by Gasteiger charge is 2.07. The van der Waals surface area contributed by atoms with Crippen LogP contribution in [0.15, 0.2) is 59.6 Å². The van der Waals surface area contributed by atoms with Crippen LogP contribution in [0.3, 0.4) is 0 Å². The maximum absolute atomic E-state index is 5.91. The highest BCUT2D eigenvalue weighted by molar-refractivity contribution is 9.10. The Labute approximate surface area is 124 Å². The molecule has 0 spiro atoms. The molecule has 0 amide bonds. The Balaban J connectivity index is 2.07. The van der Waals surface area contributed by atoms with Crippen LogP contribution in [0.1, 0.15) is 0 Å². The Kier molecular flexibility index (Phi) is 3.36. The van der Waals surface area contributed by atoms with Crippen LogP contribution in [0.2, 0.25) is 5.02 Å². The number of rotatable bonds is 2. The van der Waals surface area contributed by atoms with Gasteiger partial charge in [0.2, 0.25) is 0 Å². The number of hydrogen-bond donors (Lipinski definition) is 0. The number of benzene rings is 1. The maximum atomic E-state index is 5.91. The molecule has 5 heteroatoms. The van der Waals surface area contributed by atoms with Gasteiger partial charge in [0, 0.05) is 21.3 Å². The highest BCUT2D eigenvalue weighted by atomic mass is 79.9. The van der Waals surface area contributed by atoms with Gasteiger partial charge in [-0.3, -0.25) is 4.57 Å². The second-order valence-electron chi connectivity index (χ2n) is 3.99. The monoisotopic (exact) mass is 333 g/mol. The van der Waals surface area contributed by atoms with Crippen LogP contribution in [-0.4, -0.2) is 14.5 Å². The molecular formula is C14H9BrClN3. The summed E-state index contributed by atoms with van der Waals surface area (Å²) in [5.41, 5.74) is 2.03. The van der Waals surface area contributed by atoms with Crippen LogP contribution < -0.4 is 0 Å². The summed E-state index contributed by atoms with van der Waals surface area (Å²) in [6.45, 7) is 0. The number of nitrogens with zero attached hydrogens (tertiary/aromatic N) is 3. The lowest BCUT2D eigenvalue weighted by atomic mass is 10.2. The van der Waals surface area contributed by atoms with E-state index in [2.05, 4.69) is 25.9 Å². The molecule has 3 aromatic rings. The van der Waals surface area contributed by atoms with Crippen LogP contribution in [0, 0.1) is 0 Å². The fraction of sp³-hybridized carbons (Fsp3) is 0. The number of halogens is 2. The number of imidazole rings is 1. The molecule has 0 atom stereocenters. The van der Waals surface area contributed by atoms with E-state index in [9.17, 15) is 0 Å². The van der Waals surface area contributed by atoms with Crippen LogP contribution in [0.25, 0.3) is 17.1 Å². The fourth-order valence-electron chi connectivity index (χ4n) is 1.82. The van der Waals surface area contributed by atoms with Gasteiger partial charge in [-0.05, 0) is 40.2 Å². The van der Waals surface area contributed by atoms with Crippen LogP contribution in [-0.2, 0) is 0 Å². The molecule has 1 aromatic carbocycles. The van der Waals surface area contributed by atoms with Crippen molar-refractivity contribution in [3.8, 4) is 17.1 Å². The van der Waals surface area contributed by atoms with Gasteiger partial charge < -0.3 is 0 Å². The Morgan fingerprint density at radius 2 is 1.79 bits per heavy atom. The lowest BCUT2D eigenvalue weighted by Gasteiger charge is -2.07. The van der Waals surface area contributed by atoms with E-state index in [0.717, 1.165) is 26.6 Å². The van der Waals surface area contributed by atoms with E-state index in [1.807, 2.05) is 47.2 Å². The Hall–Kier alpha value is -1.65. The molecule has 0 N–H and O–H groups in total. The average Bonchev–Trinajstić information content (AvgIpc) is 2.90. The lowest BCUT2D eigenvalue weighted by molar-refractivity contribution is 0.997. The van der Waals surface area contributed by atoms with Crippen molar-refractivity contribution >= 4 is 27.5 Å². The van der Waals surface area contributed by atoms with Crippen molar-refractivity contribution in [1.29, 1.82) is 0 Å². The van der Waals surface area contributed by atoms with Crippen LogP contribution in [0.4, 0.5) is 0 Å².